The fraction of sp³-hybridized carbons (Fsp3) is 0.727. The van der Waals surface area contributed by atoms with E-state index in [1.807, 2.05) is 0 Å². The van der Waals surface area contributed by atoms with Gasteiger partial charge < -0.3 is 9.47 Å². The van der Waals surface area contributed by atoms with Gasteiger partial charge in [-0.1, -0.05) is 0 Å². The molecular weight excluding hydrogens is 212 g/mol. The third-order valence-corrected chi connectivity index (χ3v) is 1.58. The topological polar surface area (TPSA) is 69.7 Å². The van der Waals surface area contributed by atoms with Crippen LogP contribution in [0.1, 0.15) is 41.5 Å². The van der Waals surface area contributed by atoms with Gasteiger partial charge in [-0.25, -0.2) is 4.79 Å². The van der Waals surface area contributed by atoms with Gasteiger partial charge in [-0.15, -0.1) is 0 Å². The van der Waals surface area contributed by atoms with Gasteiger partial charge in [-0.2, -0.15) is 0 Å². The molecule has 0 aromatic heterocycles. The van der Waals surface area contributed by atoms with E-state index < -0.39 is 28.9 Å². The van der Waals surface area contributed by atoms with E-state index in [9.17, 15) is 14.4 Å². The lowest BCUT2D eigenvalue weighted by atomic mass is 9.97. The molecule has 0 atom stereocenters. The molecule has 0 amide bonds. The lowest BCUT2D eigenvalue weighted by Crippen LogP contribution is -2.30. The van der Waals surface area contributed by atoms with Crippen LogP contribution in [0, 0.1) is 10.8 Å². The maximum atomic E-state index is 11.3. The minimum atomic E-state index is -1.28. The van der Waals surface area contributed by atoms with Crippen molar-refractivity contribution in [1.82, 2.24) is 0 Å². The summed E-state index contributed by atoms with van der Waals surface area (Å²) in [5.41, 5.74) is -1.63. The highest BCUT2D eigenvalue weighted by Crippen LogP contribution is 2.18. The Hall–Kier alpha value is -1.39. The molecule has 0 bridgehead atoms. The number of ether oxygens (including phenoxy) is 2. The minimum Gasteiger partial charge on any atom is -0.360 e. The highest BCUT2D eigenvalue weighted by atomic mass is 16.8. The fourth-order valence-electron chi connectivity index (χ4n) is 0.478. The summed E-state index contributed by atoms with van der Waals surface area (Å²) in [6.45, 7) is 9.55. The van der Waals surface area contributed by atoms with E-state index in [0.717, 1.165) is 0 Å². The summed E-state index contributed by atoms with van der Waals surface area (Å²) in [7, 11) is 0. The molecule has 16 heavy (non-hydrogen) atoms. The Morgan fingerprint density at radius 1 is 0.688 bits per heavy atom. The Kier molecular flexibility index (Phi) is 4.23. The van der Waals surface area contributed by atoms with Crippen LogP contribution in [-0.2, 0) is 19.1 Å². The summed E-state index contributed by atoms with van der Waals surface area (Å²) in [6.07, 6.45) is -1.28. The molecular formula is C11H18O5. The van der Waals surface area contributed by atoms with Crippen LogP contribution >= 0.6 is 0 Å². The van der Waals surface area contributed by atoms with Crippen LogP contribution in [0.25, 0.3) is 0 Å². The third kappa shape index (κ3) is 4.91. The Morgan fingerprint density at radius 3 is 1.12 bits per heavy atom. The van der Waals surface area contributed by atoms with Crippen molar-refractivity contribution in [2.24, 2.45) is 10.8 Å². The van der Waals surface area contributed by atoms with Crippen molar-refractivity contribution < 1.29 is 23.9 Å². The van der Waals surface area contributed by atoms with Crippen molar-refractivity contribution in [1.29, 1.82) is 0 Å². The summed E-state index contributed by atoms with van der Waals surface area (Å²) in [5.74, 6) is -1.47. The average Bonchev–Trinajstić information content (AvgIpc) is 1.99. The number of carbonyl (C=O) groups excluding carboxylic acids is 3. The molecule has 5 nitrogen and oxygen atoms in total. The van der Waals surface area contributed by atoms with Gasteiger partial charge in [-0.05, 0) is 41.5 Å². The third-order valence-electron chi connectivity index (χ3n) is 1.58. The lowest BCUT2D eigenvalue weighted by Gasteiger charge is -2.17. The minimum absolute atomic E-state index is 0.737. The maximum absolute atomic E-state index is 11.3. The van der Waals surface area contributed by atoms with Gasteiger partial charge in [0, 0.05) is 0 Å². The quantitative estimate of drug-likeness (QED) is 0.471. The zero-order valence-electron chi connectivity index (χ0n) is 10.5. The van der Waals surface area contributed by atoms with E-state index >= 15 is 0 Å². The summed E-state index contributed by atoms with van der Waals surface area (Å²) in [4.78, 5) is 33.6. The Balaban J connectivity index is 4.32. The number of rotatable bonds is 0. The van der Waals surface area contributed by atoms with Crippen LogP contribution in [0.2, 0.25) is 0 Å². The van der Waals surface area contributed by atoms with Gasteiger partial charge in [0.2, 0.25) is 0 Å². The van der Waals surface area contributed by atoms with Gasteiger partial charge in [0.05, 0.1) is 10.8 Å². The molecule has 0 heterocycles. The Bertz CT molecular complexity index is 273. The summed E-state index contributed by atoms with van der Waals surface area (Å²) in [6, 6.07) is 0. The first-order chi connectivity index (χ1) is 6.94. The maximum Gasteiger partial charge on any atom is 0.524 e. The van der Waals surface area contributed by atoms with E-state index in [-0.39, 0.29) is 0 Å². The van der Waals surface area contributed by atoms with Crippen molar-refractivity contribution in [2.75, 3.05) is 0 Å². The van der Waals surface area contributed by atoms with Gasteiger partial charge >= 0.3 is 18.1 Å². The Labute approximate surface area is 95.1 Å². The molecule has 92 valence electrons. The smallest absolute Gasteiger partial charge is 0.360 e. The molecule has 5 heteroatoms. The van der Waals surface area contributed by atoms with Gasteiger partial charge in [-0.3, -0.25) is 9.59 Å². The van der Waals surface area contributed by atoms with E-state index in [1.54, 1.807) is 41.5 Å². The molecule has 0 saturated carbocycles. The molecule has 0 aromatic carbocycles. The van der Waals surface area contributed by atoms with Gasteiger partial charge in [0.25, 0.3) is 0 Å². The zero-order chi connectivity index (χ0) is 13.1. The van der Waals surface area contributed by atoms with E-state index in [1.165, 1.54) is 0 Å². The first kappa shape index (κ1) is 14.6. The van der Waals surface area contributed by atoms with Crippen LogP contribution in [-0.4, -0.2) is 18.1 Å². The Morgan fingerprint density at radius 2 is 0.938 bits per heavy atom. The number of hydrogen-bond acceptors (Lipinski definition) is 5. The molecule has 0 unspecified atom stereocenters. The van der Waals surface area contributed by atoms with Crippen LogP contribution < -0.4 is 0 Å². The average molecular weight is 230 g/mol. The molecule has 0 saturated heterocycles. The lowest BCUT2D eigenvalue weighted by molar-refractivity contribution is -0.155. The van der Waals surface area contributed by atoms with E-state index in [4.69, 9.17) is 0 Å². The van der Waals surface area contributed by atoms with Gasteiger partial charge in [0.15, 0.2) is 0 Å². The predicted molar refractivity (Wildman–Crippen MR) is 56.5 cm³/mol. The van der Waals surface area contributed by atoms with E-state index in [2.05, 4.69) is 9.47 Å². The molecule has 0 aliphatic heterocycles. The SMILES string of the molecule is CC(C)(C)C(=O)OC(=O)OC(=O)C(C)(C)C. The van der Waals surface area contributed by atoms with E-state index in [0.29, 0.717) is 0 Å². The van der Waals surface area contributed by atoms with Crippen LogP contribution in [0.5, 0.6) is 0 Å². The molecule has 0 aromatic rings. The molecule has 0 aliphatic carbocycles. The van der Waals surface area contributed by atoms with Crippen molar-refractivity contribution in [3.8, 4) is 0 Å². The predicted octanol–water partition coefficient (Wildman–Crippen LogP) is 2.29. The first-order valence-corrected chi connectivity index (χ1v) is 4.93. The number of hydrogen-bond donors (Lipinski definition) is 0. The normalized spacial score (nSPS) is 11.9. The summed E-state index contributed by atoms with van der Waals surface area (Å²) < 4.78 is 8.72. The molecule has 0 spiro atoms. The van der Waals surface area contributed by atoms with Gasteiger partial charge in [0.1, 0.15) is 0 Å². The number of esters is 2. The number of carbonyl (C=O) groups is 3. The molecule has 0 fully saturated rings. The second-order valence-electron chi connectivity index (χ2n) is 5.53. The molecule has 0 aliphatic rings. The van der Waals surface area contributed by atoms with Crippen LogP contribution in [0.4, 0.5) is 4.79 Å². The van der Waals surface area contributed by atoms with Crippen molar-refractivity contribution in [3.63, 3.8) is 0 Å². The summed E-state index contributed by atoms with van der Waals surface area (Å²) >= 11 is 0. The fourth-order valence-corrected chi connectivity index (χ4v) is 0.478. The molecule has 0 rings (SSSR count). The largest absolute Gasteiger partial charge is 0.524 e. The second-order valence-corrected chi connectivity index (χ2v) is 5.53. The standard InChI is InChI=1S/C11H18O5/c1-10(2,3)7(12)15-9(14)16-8(13)11(4,5)6/h1-6H3. The van der Waals surface area contributed by atoms with Crippen molar-refractivity contribution >= 4 is 18.1 Å². The van der Waals surface area contributed by atoms with Crippen molar-refractivity contribution in [3.05, 3.63) is 0 Å². The highest BCUT2D eigenvalue weighted by Gasteiger charge is 2.30. The van der Waals surface area contributed by atoms with Crippen LogP contribution in [0.3, 0.4) is 0 Å². The van der Waals surface area contributed by atoms with Crippen LogP contribution in [0.15, 0.2) is 0 Å². The molecule has 0 N–H and O–H groups in total. The van der Waals surface area contributed by atoms with Crippen molar-refractivity contribution in [2.45, 2.75) is 41.5 Å². The first-order valence-electron chi connectivity index (χ1n) is 4.93. The highest BCUT2D eigenvalue weighted by molar-refractivity contribution is 5.91. The summed E-state index contributed by atoms with van der Waals surface area (Å²) in [5, 5.41) is 0. The monoisotopic (exact) mass is 230 g/mol. The second kappa shape index (κ2) is 4.63. The molecule has 0 radical (unpaired) electrons. The zero-order valence-corrected chi connectivity index (χ0v) is 10.5.